The number of carbonyl (C=O) groups is 2. The summed E-state index contributed by atoms with van der Waals surface area (Å²) in [5, 5.41) is 0. The van der Waals surface area contributed by atoms with Gasteiger partial charge < -0.3 is 12.4 Å². The highest BCUT2D eigenvalue weighted by molar-refractivity contribution is 6.17. The van der Waals surface area contributed by atoms with Gasteiger partial charge in [0.15, 0.2) is 11.5 Å². The molecule has 0 fully saturated rings. The molecule has 2 amide bonds. The van der Waals surface area contributed by atoms with Crippen molar-refractivity contribution in [3.63, 3.8) is 0 Å². The third-order valence-electron chi connectivity index (χ3n) is 4.06. The van der Waals surface area contributed by atoms with Gasteiger partial charge in [-0.15, -0.1) is 11.6 Å². The summed E-state index contributed by atoms with van der Waals surface area (Å²) in [6.45, 7) is 0. The largest absolute Gasteiger partial charge is 1.00 e. The highest BCUT2D eigenvalue weighted by Gasteiger charge is 2.31. The summed E-state index contributed by atoms with van der Waals surface area (Å²) in [7, 11) is 3.43. The number of benzene rings is 2. The van der Waals surface area contributed by atoms with Crippen molar-refractivity contribution >= 4 is 35.2 Å². The Bertz CT molecular complexity index is 830. The summed E-state index contributed by atoms with van der Waals surface area (Å²) in [6.07, 6.45) is 3.62. The van der Waals surface area contributed by atoms with E-state index in [1.807, 2.05) is 30.3 Å². The molecule has 0 saturated carbocycles. The second kappa shape index (κ2) is 7.83. The smallest absolute Gasteiger partial charge is 0.426 e. The fraction of sp³-hybridized carbons (Fsp3) is 0.158. The van der Waals surface area contributed by atoms with E-state index in [0.29, 0.717) is 21.9 Å². The molecule has 1 atom stereocenters. The van der Waals surface area contributed by atoms with E-state index in [-0.39, 0.29) is 24.2 Å². The zero-order valence-electron chi connectivity index (χ0n) is 13.9. The standard InChI is InChI=1S/C19H17ClN2O2.ClH/c1-21(2)19(24)22-11-10-15-16(4-3-5-17(15)22)18(23)14-8-6-13(12-20)7-9-14;/h3-11H,12H2,1-2H3;1H. The molecule has 0 aliphatic carbocycles. The minimum atomic E-state index is -0.0685. The van der Waals surface area contributed by atoms with Gasteiger partial charge in [-0.2, -0.15) is 4.90 Å². The molecule has 0 radical (unpaired) electrons. The molecule has 0 aromatic heterocycles. The van der Waals surface area contributed by atoms with Crippen molar-refractivity contribution in [1.29, 1.82) is 0 Å². The van der Waals surface area contributed by atoms with Gasteiger partial charge in [-0.05, 0) is 11.6 Å². The number of fused-ring (bicyclic) bond motifs is 1. The summed E-state index contributed by atoms with van der Waals surface area (Å²) in [5.74, 6) is 0.360. The van der Waals surface area contributed by atoms with Crippen molar-refractivity contribution in [3.05, 3.63) is 70.9 Å². The Morgan fingerprint density at radius 3 is 2.36 bits per heavy atom. The van der Waals surface area contributed by atoms with Crippen molar-refractivity contribution in [1.82, 2.24) is 4.90 Å². The zero-order valence-corrected chi connectivity index (χ0v) is 15.4. The minimum absolute atomic E-state index is 0. The maximum absolute atomic E-state index is 12.8. The zero-order chi connectivity index (χ0) is 17.3. The molecule has 6 heteroatoms. The van der Waals surface area contributed by atoms with Crippen LogP contribution in [0.4, 0.5) is 10.5 Å². The molecule has 0 spiro atoms. The number of quaternary nitrogens is 1. The van der Waals surface area contributed by atoms with Gasteiger partial charge >= 0.3 is 6.03 Å². The van der Waals surface area contributed by atoms with Crippen molar-refractivity contribution in [3.8, 4) is 0 Å². The van der Waals surface area contributed by atoms with Crippen molar-refractivity contribution < 1.29 is 26.9 Å². The number of alkyl halides is 1. The average molecular weight is 377 g/mol. The predicted octanol–water partition coefficient (Wildman–Crippen LogP) is -0.157. The van der Waals surface area contributed by atoms with Gasteiger partial charge in [0.2, 0.25) is 0 Å². The monoisotopic (exact) mass is 376 g/mol. The summed E-state index contributed by atoms with van der Waals surface area (Å²) in [4.78, 5) is 27.3. The van der Waals surface area contributed by atoms with E-state index in [1.54, 1.807) is 38.5 Å². The van der Waals surface area contributed by atoms with Crippen LogP contribution in [0.25, 0.3) is 6.08 Å². The van der Waals surface area contributed by atoms with Crippen LogP contribution in [0.5, 0.6) is 0 Å². The van der Waals surface area contributed by atoms with E-state index in [2.05, 4.69) is 0 Å². The number of urea groups is 1. The normalized spacial score (nSPS) is 14.6. The second-order valence-corrected chi connectivity index (χ2v) is 6.14. The molecular weight excluding hydrogens is 359 g/mol. The number of carbonyl (C=O) groups excluding carboxylic acids is 2. The molecule has 2 aromatic rings. The molecule has 1 heterocycles. The number of hydrogen-bond donors (Lipinski definition) is 1. The highest BCUT2D eigenvalue weighted by Crippen LogP contribution is 2.24. The lowest BCUT2D eigenvalue weighted by atomic mass is 9.97. The van der Waals surface area contributed by atoms with Crippen molar-refractivity contribution in [2.75, 3.05) is 14.1 Å². The summed E-state index contributed by atoms with van der Waals surface area (Å²) >= 11 is 5.79. The van der Waals surface area contributed by atoms with Crippen LogP contribution >= 0.6 is 11.6 Å². The van der Waals surface area contributed by atoms with Crippen LogP contribution in [0.3, 0.4) is 0 Å². The van der Waals surface area contributed by atoms with Gasteiger partial charge in [-0.3, -0.25) is 9.69 Å². The Labute approximate surface area is 158 Å². The molecule has 1 aliphatic rings. The average Bonchev–Trinajstić information content (AvgIpc) is 3.04. The van der Waals surface area contributed by atoms with E-state index in [0.717, 1.165) is 16.8 Å². The number of hydrogen-bond acceptors (Lipinski definition) is 2. The third-order valence-corrected chi connectivity index (χ3v) is 4.37. The Morgan fingerprint density at radius 2 is 1.76 bits per heavy atom. The number of nitrogens with one attached hydrogen (secondary N) is 1. The number of halogens is 2. The maximum atomic E-state index is 12.8. The van der Waals surface area contributed by atoms with Gasteiger partial charge in [0.25, 0.3) is 0 Å². The Morgan fingerprint density at radius 1 is 1.08 bits per heavy atom. The first-order valence-corrected chi connectivity index (χ1v) is 8.16. The molecule has 1 N–H and O–H groups in total. The van der Waals surface area contributed by atoms with E-state index < -0.39 is 0 Å². The third kappa shape index (κ3) is 3.61. The fourth-order valence-electron chi connectivity index (χ4n) is 2.76. The fourth-order valence-corrected chi connectivity index (χ4v) is 2.94. The molecule has 1 unspecified atom stereocenters. The number of nitrogens with zero attached hydrogens (tertiary/aromatic N) is 1. The Balaban J connectivity index is 0.00000225. The van der Waals surface area contributed by atoms with Gasteiger partial charge in [0, 0.05) is 43.2 Å². The van der Waals surface area contributed by atoms with E-state index >= 15 is 0 Å². The number of ketones is 1. The maximum Gasteiger partial charge on any atom is 0.426 e. The van der Waals surface area contributed by atoms with Crippen molar-refractivity contribution in [2.45, 2.75) is 5.88 Å². The molecule has 1 aliphatic heterocycles. The molecule has 2 aromatic carbocycles. The molecule has 3 rings (SSSR count). The molecule has 25 heavy (non-hydrogen) atoms. The number of rotatable bonds is 3. The Kier molecular flexibility index (Phi) is 6.01. The quantitative estimate of drug-likeness (QED) is 0.597. The van der Waals surface area contributed by atoms with Crippen LogP contribution in [-0.2, 0) is 5.88 Å². The van der Waals surface area contributed by atoms with Crippen LogP contribution in [0.2, 0.25) is 0 Å². The lowest BCUT2D eigenvalue weighted by Gasteiger charge is -2.15. The van der Waals surface area contributed by atoms with Crippen LogP contribution < -0.4 is 17.3 Å². The molecule has 0 bridgehead atoms. The predicted molar refractivity (Wildman–Crippen MR) is 94.6 cm³/mol. The van der Waals surface area contributed by atoms with E-state index in [1.165, 1.54) is 4.90 Å². The lowest BCUT2D eigenvalue weighted by molar-refractivity contribution is -0.680. The van der Waals surface area contributed by atoms with Crippen LogP contribution in [0, 0.1) is 0 Å². The summed E-state index contributed by atoms with van der Waals surface area (Å²) < 4.78 is 0. The summed E-state index contributed by atoms with van der Waals surface area (Å²) in [5.41, 5.74) is 3.78. The lowest BCUT2D eigenvalue weighted by Crippen LogP contribution is -3.06. The van der Waals surface area contributed by atoms with Crippen LogP contribution in [0.15, 0.2) is 48.7 Å². The minimum Gasteiger partial charge on any atom is -1.00 e. The van der Waals surface area contributed by atoms with Gasteiger partial charge in [-0.25, -0.2) is 4.79 Å². The summed E-state index contributed by atoms with van der Waals surface area (Å²) in [6, 6.07) is 12.7. The molecule has 0 saturated heterocycles. The molecular formula is C19H18Cl2N2O2. The van der Waals surface area contributed by atoms with Crippen LogP contribution in [-0.4, -0.2) is 30.8 Å². The molecule has 4 nitrogen and oxygen atoms in total. The first-order chi connectivity index (χ1) is 11.5. The number of amides is 2. The van der Waals surface area contributed by atoms with Gasteiger partial charge in [-0.1, -0.05) is 30.3 Å². The molecule has 130 valence electrons. The van der Waals surface area contributed by atoms with E-state index in [9.17, 15) is 9.59 Å². The first-order valence-electron chi connectivity index (χ1n) is 7.62. The van der Waals surface area contributed by atoms with Crippen LogP contribution in [0.1, 0.15) is 27.0 Å². The SMILES string of the molecule is CN(C)C(=O)[NH+]1C=Cc2c(C(=O)c3ccc(CCl)cc3)cccc21.[Cl-]. The first kappa shape index (κ1) is 19.2. The van der Waals surface area contributed by atoms with Crippen molar-refractivity contribution in [2.24, 2.45) is 0 Å². The van der Waals surface area contributed by atoms with Gasteiger partial charge in [0.05, 0.1) is 5.56 Å². The highest BCUT2D eigenvalue weighted by atomic mass is 35.5. The van der Waals surface area contributed by atoms with Gasteiger partial charge in [0.1, 0.15) is 6.20 Å². The van der Waals surface area contributed by atoms with E-state index in [4.69, 9.17) is 11.6 Å². The Hall–Kier alpha value is -2.14. The second-order valence-electron chi connectivity index (χ2n) is 5.87. The topological polar surface area (TPSA) is 41.8 Å².